The van der Waals surface area contributed by atoms with Crippen molar-refractivity contribution < 1.29 is 14.3 Å². The van der Waals surface area contributed by atoms with Gasteiger partial charge >= 0.3 is 6.09 Å². The summed E-state index contributed by atoms with van der Waals surface area (Å²) < 4.78 is 7.32. The van der Waals surface area contributed by atoms with Crippen LogP contribution < -0.4 is 5.32 Å². The fourth-order valence-electron chi connectivity index (χ4n) is 3.26. The molecule has 146 valence electrons. The number of rotatable bonds is 2. The SMILES string of the molecule is C#Cc1cnc(NC)cc1-c1cc2c(n1C)CCN(C(=O)OC(C)(C)C)C2=O. The molecule has 2 aromatic rings. The number of fused-ring (bicyclic) bond motifs is 1. The van der Waals surface area contributed by atoms with E-state index in [0.717, 1.165) is 21.9 Å². The minimum atomic E-state index is -0.665. The van der Waals surface area contributed by atoms with Crippen molar-refractivity contribution in [3.05, 3.63) is 35.2 Å². The highest BCUT2D eigenvalue weighted by atomic mass is 16.6. The van der Waals surface area contributed by atoms with Crippen molar-refractivity contribution in [2.45, 2.75) is 32.8 Å². The van der Waals surface area contributed by atoms with E-state index in [1.165, 1.54) is 0 Å². The van der Waals surface area contributed by atoms with Gasteiger partial charge in [-0.1, -0.05) is 5.92 Å². The van der Waals surface area contributed by atoms with Gasteiger partial charge in [-0.3, -0.25) is 4.79 Å². The molecule has 0 atom stereocenters. The Balaban J connectivity index is 2.02. The number of nitrogens with zero attached hydrogens (tertiary/aromatic N) is 3. The number of anilines is 1. The molecule has 7 heteroatoms. The number of pyridine rings is 1. The van der Waals surface area contributed by atoms with Crippen LogP contribution in [0.1, 0.15) is 42.4 Å². The van der Waals surface area contributed by atoms with Crippen LogP contribution in [-0.4, -0.2) is 45.6 Å². The van der Waals surface area contributed by atoms with E-state index in [2.05, 4.69) is 16.2 Å². The molecule has 0 bridgehead atoms. The molecule has 2 aromatic heterocycles. The van der Waals surface area contributed by atoms with Crippen molar-refractivity contribution in [3.63, 3.8) is 0 Å². The first-order valence-electron chi connectivity index (χ1n) is 9.04. The van der Waals surface area contributed by atoms with Crippen LogP contribution in [-0.2, 0) is 18.2 Å². The molecule has 1 N–H and O–H groups in total. The number of carbonyl (C=O) groups is 2. The van der Waals surface area contributed by atoms with Gasteiger partial charge in [-0.05, 0) is 32.9 Å². The Morgan fingerprint density at radius 2 is 2.04 bits per heavy atom. The Morgan fingerprint density at radius 1 is 1.32 bits per heavy atom. The molecule has 3 rings (SSSR count). The average molecular weight is 380 g/mol. The second-order valence-corrected chi connectivity index (χ2v) is 7.65. The summed E-state index contributed by atoms with van der Waals surface area (Å²) >= 11 is 0. The van der Waals surface area contributed by atoms with Gasteiger partial charge in [0.05, 0.1) is 16.8 Å². The number of imide groups is 1. The highest BCUT2D eigenvalue weighted by Crippen LogP contribution is 2.32. The van der Waals surface area contributed by atoms with E-state index >= 15 is 0 Å². The topological polar surface area (TPSA) is 76.5 Å². The number of ether oxygens (including phenoxy) is 1. The second kappa shape index (κ2) is 7.04. The summed E-state index contributed by atoms with van der Waals surface area (Å²) in [6.07, 6.45) is 7.19. The van der Waals surface area contributed by atoms with E-state index < -0.39 is 11.7 Å². The third kappa shape index (κ3) is 3.46. The maximum Gasteiger partial charge on any atom is 0.417 e. The van der Waals surface area contributed by atoms with E-state index in [4.69, 9.17) is 11.2 Å². The molecule has 7 nitrogen and oxygen atoms in total. The summed E-state index contributed by atoms with van der Waals surface area (Å²) in [5.41, 5.74) is 2.92. The standard InChI is InChI=1S/C21H24N4O3/c1-7-13-12-23-18(22-5)11-14(13)17-10-15-16(24(17)6)8-9-25(19(15)26)20(27)28-21(2,3)4/h1,10-12H,8-9H2,2-6H3,(H,22,23). The molecule has 0 aromatic carbocycles. The fraction of sp³-hybridized carbons (Fsp3) is 0.381. The summed E-state index contributed by atoms with van der Waals surface area (Å²) in [6.45, 7) is 5.60. The molecule has 0 unspecified atom stereocenters. The zero-order valence-electron chi connectivity index (χ0n) is 16.8. The summed E-state index contributed by atoms with van der Waals surface area (Å²) in [6, 6.07) is 3.63. The summed E-state index contributed by atoms with van der Waals surface area (Å²) in [4.78, 5) is 30.8. The number of aromatic nitrogens is 2. The molecule has 1 aliphatic rings. The van der Waals surface area contributed by atoms with Gasteiger partial charge in [-0.25, -0.2) is 14.7 Å². The van der Waals surface area contributed by atoms with Crippen molar-refractivity contribution in [2.24, 2.45) is 7.05 Å². The first kappa shape index (κ1) is 19.5. The lowest BCUT2D eigenvalue weighted by Crippen LogP contribution is -2.44. The van der Waals surface area contributed by atoms with Gasteiger partial charge in [-0.15, -0.1) is 6.42 Å². The monoisotopic (exact) mass is 380 g/mol. The van der Waals surface area contributed by atoms with Crippen LogP contribution in [0.3, 0.4) is 0 Å². The second-order valence-electron chi connectivity index (χ2n) is 7.65. The van der Waals surface area contributed by atoms with Crippen LogP contribution in [0, 0.1) is 12.3 Å². The van der Waals surface area contributed by atoms with Crippen LogP contribution in [0.4, 0.5) is 10.6 Å². The van der Waals surface area contributed by atoms with Crippen molar-refractivity contribution in [3.8, 4) is 23.6 Å². The predicted molar refractivity (Wildman–Crippen MR) is 107 cm³/mol. The van der Waals surface area contributed by atoms with Crippen molar-refractivity contribution >= 4 is 17.8 Å². The molecular weight excluding hydrogens is 356 g/mol. The predicted octanol–water partition coefficient (Wildman–Crippen LogP) is 3.04. The van der Waals surface area contributed by atoms with E-state index in [1.54, 1.807) is 40.1 Å². The van der Waals surface area contributed by atoms with Crippen LogP contribution in [0.5, 0.6) is 0 Å². The highest BCUT2D eigenvalue weighted by Gasteiger charge is 2.35. The summed E-state index contributed by atoms with van der Waals surface area (Å²) in [7, 11) is 3.67. The van der Waals surface area contributed by atoms with E-state index in [0.29, 0.717) is 23.4 Å². The quantitative estimate of drug-likeness (QED) is 0.811. The molecule has 0 saturated carbocycles. The molecule has 3 heterocycles. The number of hydrogen-bond donors (Lipinski definition) is 1. The third-order valence-electron chi connectivity index (χ3n) is 4.61. The molecule has 1 aliphatic heterocycles. The highest BCUT2D eigenvalue weighted by molar-refractivity contribution is 6.05. The van der Waals surface area contributed by atoms with Gasteiger partial charge in [0.2, 0.25) is 0 Å². The lowest BCUT2D eigenvalue weighted by atomic mass is 10.1. The number of amides is 2. The Hall–Kier alpha value is -3.27. The van der Waals surface area contributed by atoms with Gasteiger partial charge in [0, 0.05) is 44.5 Å². The zero-order valence-corrected chi connectivity index (χ0v) is 16.8. The smallest absolute Gasteiger partial charge is 0.417 e. The van der Waals surface area contributed by atoms with Crippen molar-refractivity contribution in [2.75, 3.05) is 18.9 Å². The first-order chi connectivity index (χ1) is 13.2. The van der Waals surface area contributed by atoms with E-state index in [1.807, 2.05) is 17.7 Å². The molecule has 28 heavy (non-hydrogen) atoms. The molecular formula is C21H24N4O3. The minimum Gasteiger partial charge on any atom is -0.443 e. The van der Waals surface area contributed by atoms with Crippen LogP contribution >= 0.6 is 0 Å². The number of terminal acetylenes is 1. The Kier molecular flexibility index (Phi) is 4.90. The number of hydrogen-bond acceptors (Lipinski definition) is 5. The normalized spacial score (nSPS) is 13.7. The molecule has 0 aliphatic carbocycles. The molecule has 0 fully saturated rings. The summed E-state index contributed by atoms with van der Waals surface area (Å²) in [5, 5.41) is 3.00. The number of nitrogens with one attached hydrogen (secondary N) is 1. The first-order valence-corrected chi connectivity index (χ1v) is 9.04. The van der Waals surface area contributed by atoms with Crippen LogP contribution in [0.25, 0.3) is 11.3 Å². The third-order valence-corrected chi connectivity index (χ3v) is 4.61. The van der Waals surface area contributed by atoms with Gasteiger partial charge in [-0.2, -0.15) is 0 Å². The van der Waals surface area contributed by atoms with Crippen LogP contribution in [0.2, 0.25) is 0 Å². The van der Waals surface area contributed by atoms with Crippen molar-refractivity contribution in [1.82, 2.24) is 14.5 Å². The molecule has 2 amide bonds. The van der Waals surface area contributed by atoms with E-state index in [-0.39, 0.29) is 12.5 Å². The lowest BCUT2D eigenvalue weighted by molar-refractivity contribution is 0.0232. The fourth-order valence-corrected chi connectivity index (χ4v) is 3.26. The molecule has 0 radical (unpaired) electrons. The Bertz CT molecular complexity index is 992. The van der Waals surface area contributed by atoms with E-state index in [9.17, 15) is 9.59 Å². The molecule has 0 saturated heterocycles. The minimum absolute atomic E-state index is 0.276. The lowest BCUT2D eigenvalue weighted by Gasteiger charge is -2.28. The van der Waals surface area contributed by atoms with Gasteiger partial charge < -0.3 is 14.6 Å². The maximum atomic E-state index is 13.0. The van der Waals surface area contributed by atoms with Gasteiger partial charge in [0.25, 0.3) is 5.91 Å². The Labute approximate surface area is 164 Å². The number of carbonyl (C=O) groups excluding carboxylic acids is 2. The van der Waals surface area contributed by atoms with Crippen LogP contribution in [0.15, 0.2) is 18.3 Å². The molecule has 0 spiro atoms. The Morgan fingerprint density at radius 3 is 2.64 bits per heavy atom. The van der Waals surface area contributed by atoms with Crippen molar-refractivity contribution in [1.29, 1.82) is 0 Å². The zero-order chi connectivity index (χ0) is 20.6. The largest absolute Gasteiger partial charge is 0.443 e. The van der Waals surface area contributed by atoms with Gasteiger partial charge in [0.1, 0.15) is 11.4 Å². The maximum absolute atomic E-state index is 13.0. The van der Waals surface area contributed by atoms with Gasteiger partial charge in [0.15, 0.2) is 0 Å². The summed E-state index contributed by atoms with van der Waals surface area (Å²) in [5.74, 6) is 2.96. The average Bonchev–Trinajstić information content (AvgIpc) is 2.97.